The molecule has 3 N–H and O–H groups in total. The van der Waals surface area contributed by atoms with Crippen LogP contribution in [0.5, 0.6) is 0 Å². The third-order valence-electron chi connectivity index (χ3n) is 3.28. The fourth-order valence-electron chi connectivity index (χ4n) is 2.38. The number of hydrogen-bond acceptors (Lipinski definition) is 4. The van der Waals surface area contributed by atoms with Gasteiger partial charge in [0.2, 0.25) is 0 Å². The molecule has 18 heavy (non-hydrogen) atoms. The number of aliphatic carboxylic acids is 1. The molecule has 0 aromatic carbocycles. The van der Waals surface area contributed by atoms with E-state index in [-0.39, 0.29) is 11.5 Å². The Hall–Kier alpha value is -2.11. The Bertz CT molecular complexity index is 489. The van der Waals surface area contributed by atoms with Gasteiger partial charge in [-0.1, -0.05) is 6.92 Å². The first-order valence-corrected chi connectivity index (χ1v) is 5.76. The van der Waals surface area contributed by atoms with Gasteiger partial charge in [0, 0.05) is 12.7 Å². The Labute approximate surface area is 104 Å². The summed E-state index contributed by atoms with van der Waals surface area (Å²) in [6.07, 6.45) is 2.29. The third-order valence-corrected chi connectivity index (χ3v) is 3.28. The molecule has 2 heterocycles. The van der Waals surface area contributed by atoms with Crippen LogP contribution in [0, 0.1) is 5.92 Å². The van der Waals surface area contributed by atoms with Crippen LogP contribution in [-0.4, -0.2) is 34.6 Å². The second-order valence-electron chi connectivity index (χ2n) is 4.48. The van der Waals surface area contributed by atoms with E-state index in [9.17, 15) is 14.7 Å². The summed E-state index contributed by atoms with van der Waals surface area (Å²) in [6.45, 7) is 2.45. The van der Waals surface area contributed by atoms with E-state index in [0.717, 1.165) is 6.42 Å². The fourth-order valence-corrected chi connectivity index (χ4v) is 2.38. The average molecular weight is 249 g/mol. The van der Waals surface area contributed by atoms with Crippen LogP contribution < -0.4 is 10.6 Å². The van der Waals surface area contributed by atoms with E-state index in [0.29, 0.717) is 12.4 Å². The van der Waals surface area contributed by atoms with E-state index in [4.69, 9.17) is 5.73 Å². The molecule has 1 fully saturated rings. The molecule has 0 radical (unpaired) electrons. The molecular formula is C12H15N3O3. The molecule has 0 saturated carbocycles. The van der Waals surface area contributed by atoms with Gasteiger partial charge in [-0.25, -0.2) is 9.78 Å². The first-order chi connectivity index (χ1) is 8.52. The number of carbonyl (C=O) groups is 2. The highest BCUT2D eigenvalue weighted by atomic mass is 16.4. The average Bonchev–Trinajstić information content (AvgIpc) is 2.71. The van der Waals surface area contributed by atoms with Gasteiger partial charge in [0.15, 0.2) is 0 Å². The number of carboxylic acid groups (broad SMARTS) is 1. The van der Waals surface area contributed by atoms with Crippen LogP contribution in [0.3, 0.4) is 0 Å². The molecule has 1 aliphatic rings. The predicted molar refractivity (Wildman–Crippen MR) is 65.3 cm³/mol. The Morgan fingerprint density at radius 3 is 2.89 bits per heavy atom. The molecule has 2 atom stereocenters. The number of pyridine rings is 1. The lowest BCUT2D eigenvalue weighted by molar-refractivity contribution is -0.139. The maximum atomic E-state index is 11.3. The maximum Gasteiger partial charge on any atom is 0.326 e. The van der Waals surface area contributed by atoms with Crippen molar-refractivity contribution in [1.82, 2.24) is 4.98 Å². The molecule has 1 aliphatic heterocycles. The Morgan fingerprint density at radius 1 is 1.56 bits per heavy atom. The van der Waals surface area contributed by atoms with E-state index in [1.54, 1.807) is 17.0 Å². The van der Waals surface area contributed by atoms with E-state index in [1.807, 2.05) is 6.92 Å². The fraction of sp³-hybridized carbons (Fsp3) is 0.417. The minimum absolute atomic E-state index is 0.0187. The minimum atomic E-state index is -0.902. The molecule has 1 aromatic heterocycles. The van der Waals surface area contributed by atoms with Crippen molar-refractivity contribution in [3.8, 4) is 0 Å². The van der Waals surface area contributed by atoms with E-state index in [2.05, 4.69) is 4.98 Å². The van der Waals surface area contributed by atoms with Crippen molar-refractivity contribution in [3.63, 3.8) is 0 Å². The van der Waals surface area contributed by atoms with Crippen molar-refractivity contribution in [1.29, 1.82) is 0 Å². The van der Waals surface area contributed by atoms with Gasteiger partial charge in [-0.2, -0.15) is 0 Å². The molecule has 0 bridgehead atoms. The lowest BCUT2D eigenvalue weighted by Crippen LogP contribution is -2.40. The molecule has 96 valence electrons. The molecule has 0 aliphatic carbocycles. The minimum Gasteiger partial charge on any atom is -0.480 e. The number of aromatic nitrogens is 1. The first kappa shape index (κ1) is 12.3. The molecule has 1 amide bonds. The summed E-state index contributed by atoms with van der Waals surface area (Å²) in [5.74, 6) is -1.12. The van der Waals surface area contributed by atoms with Crippen LogP contribution >= 0.6 is 0 Å². The monoisotopic (exact) mass is 249 g/mol. The number of hydrogen-bond donors (Lipinski definition) is 2. The lowest BCUT2D eigenvalue weighted by Gasteiger charge is -2.25. The smallest absolute Gasteiger partial charge is 0.326 e. The number of nitrogens with zero attached hydrogens (tertiary/aromatic N) is 2. The zero-order chi connectivity index (χ0) is 13.3. The van der Waals surface area contributed by atoms with Crippen molar-refractivity contribution in [2.75, 3.05) is 11.4 Å². The Kier molecular flexibility index (Phi) is 3.18. The number of carbonyl (C=O) groups excluding carboxylic acids is 1. The second kappa shape index (κ2) is 4.64. The highest BCUT2D eigenvalue weighted by molar-refractivity contribution is 5.98. The van der Waals surface area contributed by atoms with Crippen molar-refractivity contribution >= 4 is 17.7 Å². The van der Waals surface area contributed by atoms with Crippen molar-refractivity contribution < 1.29 is 14.7 Å². The Balaban J connectivity index is 2.42. The maximum absolute atomic E-state index is 11.3. The number of amides is 1. The Morgan fingerprint density at radius 2 is 2.28 bits per heavy atom. The van der Waals surface area contributed by atoms with Crippen molar-refractivity contribution in [2.24, 2.45) is 11.7 Å². The first-order valence-electron chi connectivity index (χ1n) is 5.76. The van der Waals surface area contributed by atoms with Crippen molar-refractivity contribution in [2.45, 2.75) is 19.4 Å². The summed E-state index contributed by atoms with van der Waals surface area (Å²) in [4.78, 5) is 28.4. The number of rotatable bonds is 3. The van der Waals surface area contributed by atoms with Crippen LogP contribution in [0.25, 0.3) is 0 Å². The van der Waals surface area contributed by atoms with E-state index < -0.39 is 17.9 Å². The zero-order valence-corrected chi connectivity index (χ0v) is 10.0. The van der Waals surface area contributed by atoms with Crippen LogP contribution in [-0.2, 0) is 4.79 Å². The van der Waals surface area contributed by atoms with Gasteiger partial charge >= 0.3 is 5.97 Å². The van der Waals surface area contributed by atoms with Crippen LogP contribution in [0.2, 0.25) is 0 Å². The van der Waals surface area contributed by atoms with Gasteiger partial charge in [-0.15, -0.1) is 0 Å². The van der Waals surface area contributed by atoms with Crippen LogP contribution in [0.4, 0.5) is 5.82 Å². The van der Waals surface area contributed by atoms with Crippen LogP contribution in [0.1, 0.15) is 23.7 Å². The van der Waals surface area contributed by atoms with Gasteiger partial charge in [-0.05, 0) is 24.5 Å². The number of nitrogens with two attached hydrogens (primary N) is 1. The van der Waals surface area contributed by atoms with Gasteiger partial charge in [0.05, 0.1) is 5.56 Å². The largest absolute Gasteiger partial charge is 0.480 e. The summed E-state index contributed by atoms with van der Waals surface area (Å²) >= 11 is 0. The SMILES string of the molecule is CC1CCN(c2ncccc2C(N)=O)C1C(=O)O. The second-order valence-corrected chi connectivity index (χ2v) is 4.48. The molecule has 1 aromatic rings. The standard InChI is InChI=1S/C12H15N3O3/c1-7-4-6-15(9(7)12(17)18)11-8(10(13)16)3-2-5-14-11/h2-3,5,7,9H,4,6H2,1H3,(H2,13,16)(H,17,18). The summed E-state index contributed by atoms with van der Waals surface area (Å²) in [6, 6.07) is 2.52. The molecular weight excluding hydrogens is 234 g/mol. The summed E-state index contributed by atoms with van der Waals surface area (Å²) in [7, 11) is 0. The van der Waals surface area contributed by atoms with E-state index in [1.165, 1.54) is 6.20 Å². The quantitative estimate of drug-likeness (QED) is 0.812. The predicted octanol–water partition coefficient (Wildman–Crippen LogP) is 0.480. The summed E-state index contributed by atoms with van der Waals surface area (Å²) in [5.41, 5.74) is 5.55. The highest BCUT2D eigenvalue weighted by Gasteiger charge is 2.38. The highest BCUT2D eigenvalue weighted by Crippen LogP contribution is 2.30. The lowest BCUT2D eigenvalue weighted by atomic mass is 10.0. The van der Waals surface area contributed by atoms with E-state index >= 15 is 0 Å². The molecule has 2 unspecified atom stereocenters. The molecule has 1 saturated heterocycles. The summed E-state index contributed by atoms with van der Waals surface area (Å²) in [5, 5.41) is 9.26. The molecule has 2 rings (SSSR count). The molecule has 6 nitrogen and oxygen atoms in total. The number of anilines is 1. The van der Waals surface area contributed by atoms with Gasteiger partial charge in [0.1, 0.15) is 11.9 Å². The topological polar surface area (TPSA) is 96.5 Å². The zero-order valence-electron chi connectivity index (χ0n) is 10.0. The number of carboxylic acids is 1. The van der Waals surface area contributed by atoms with Gasteiger partial charge < -0.3 is 15.7 Å². The van der Waals surface area contributed by atoms with Gasteiger partial charge in [0.25, 0.3) is 5.91 Å². The summed E-state index contributed by atoms with van der Waals surface area (Å²) < 4.78 is 0. The van der Waals surface area contributed by atoms with Gasteiger partial charge in [-0.3, -0.25) is 4.79 Å². The third kappa shape index (κ3) is 2.01. The number of primary amides is 1. The molecule has 6 heteroatoms. The van der Waals surface area contributed by atoms with Crippen LogP contribution in [0.15, 0.2) is 18.3 Å². The molecule has 0 spiro atoms. The normalized spacial score (nSPS) is 23.1. The van der Waals surface area contributed by atoms with Crippen molar-refractivity contribution in [3.05, 3.63) is 23.9 Å².